The van der Waals surface area contributed by atoms with Crippen LogP contribution in [0, 0.1) is 11.3 Å². The van der Waals surface area contributed by atoms with Crippen molar-refractivity contribution in [3.05, 3.63) is 11.7 Å². The summed E-state index contributed by atoms with van der Waals surface area (Å²) in [6.45, 7) is 10.4. The minimum Gasteiger partial charge on any atom is -0.399 e. The zero-order valence-corrected chi connectivity index (χ0v) is 14.7. The van der Waals surface area contributed by atoms with E-state index in [1.165, 1.54) is 31.9 Å². The van der Waals surface area contributed by atoms with Crippen LogP contribution in [-0.2, 0) is 9.31 Å². The van der Waals surface area contributed by atoms with Gasteiger partial charge in [-0.25, -0.2) is 0 Å². The normalized spacial score (nSPS) is 26.2. The Morgan fingerprint density at radius 2 is 1.77 bits per heavy atom. The Morgan fingerprint density at radius 3 is 2.23 bits per heavy atom. The van der Waals surface area contributed by atoms with Crippen LogP contribution >= 0.6 is 0 Å². The van der Waals surface area contributed by atoms with Crippen molar-refractivity contribution in [2.45, 2.75) is 84.0 Å². The quantitative estimate of drug-likeness (QED) is 0.581. The Labute approximate surface area is 135 Å². The molecule has 1 saturated heterocycles. The summed E-state index contributed by atoms with van der Waals surface area (Å²) in [5.74, 6) is 0.756. The van der Waals surface area contributed by atoms with E-state index in [1.807, 2.05) is 33.9 Å². The first-order chi connectivity index (χ1) is 10.3. The van der Waals surface area contributed by atoms with Crippen molar-refractivity contribution in [1.82, 2.24) is 5.32 Å². The summed E-state index contributed by atoms with van der Waals surface area (Å²) >= 11 is 0. The SMILES string of the molecule is CCC(N/C=C(\C=N)B1OC(C)(C)C(C)(C)O1)C1CCCC1. The predicted octanol–water partition coefficient (Wildman–Crippen LogP) is 3.71. The molecule has 0 bridgehead atoms. The lowest BCUT2D eigenvalue weighted by molar-refractivity contribution is 0.00578. The Balaban J connectivity index is 2.03. The molecule has 0 amide bonds. The highest BCUT2D eigenvalue weighted by atomic mass is 16.7. The molecule has 1 aliphatic heterocycles. The molecular weight excluding hydrogens is 275 g/mol. The molecule has 0 spiro atoms. The van der Waals surface area contributed by atoms with Gasteiger partial charge >= 0.3 is 7.12 Å². The molecule has 0 aromatic heterocycles. The van der Waals surface area contributed by atoms with Crippen molar-refractivity contribution < 1.29 is 9.31 Å². The standard InChI is InChI=1S/C17H31BN2O2/c1-6-15(13-9-7-8-10-13)20-12-14(11-19)18-21-16(2,3)17(4,5)22-18/h11-13,15,19-20H,6-10H2,1-5H3/b14-12+,19-11?. The van der Waals surface area contributed by atoms with Gasteiger partial charge in [0.05, 0.1) is 11.2 Å². The van der Waals surface area contributed by atoms with Crippen molar-refractivity contribution in [1.29, 1.82) is 5.41 Å². The molecule has 4 nitrogen and oxygen atoms in total. The average Bonchev–Trinajstić information content (AvgIpc) is 3.02. The van der Waals surface area contributed by atoms with Gasteiger partial charge in [0.2, 0.25) is 0 Å². The second kappa shape index (κ2) is 6.75. The van der Waals surface area contributed by atoms with Crippen LogP contribution < -0.4 is 5.32 Å². The van der Waals surface area contributed by atoms with Gasteiger partial charge in [-0.15, -0.1) is 0 Å². The first kappa shape index (κ1) is 17.5. The van der Waals surface area contributed by atoms with Gasteiger partial charge in [-0.2, -0.15) is 0 Å². The largest absolute Gasteiger partial charge is 0.497 e. The van der Waals surface area contributed by atoms with Gasteiger partial charge in [0, 0.05) is 17.7 Å². The third-order valence-electron chi connectivity index (χ3n) is 5.56. The van der Waals surface area contributed by atoms with Crippen molar-refractivity contribution in [2.75, 3.05) is 0 Å². The summed E-state index contributed by atoms with van der Waals surface area (Å²) in [7, 11) is -0.462. The van der Waals surface area contributed by atoms with E-state index in [2.05, 4.69) is 12.2 Å². The number of hydrogen-bond donors (Lipinski definition) is 2. The monoisotopic (exact) mass is 306 g/mol. The molecule has 1 atom stereocenters. The maximum absolute atomic E-state index is 7.70. The van der Waals surface area contributed by atoms with E-state index >= 15 is 0 Å². The molecule has 5 heteroatoms. The van der Waals surface area contributed by atoms with Gasteiger partial charge in [-0.1, -0.05) is 19.8 Å². The van der Waals surface area contributed by atoms with Crippen LogP contribution in [0.3, 0.4) is 0 Å². The fourth-order valence-corrected chi connectivity index (χ4v) is 3.31. The van der Waals surface area contributed by atoms with Crippen LogP contribution in [0.1, 0.15) is 66.7 Å². The first-order valence-electron chi connectivity index (χ1n) is 8.63. The molecule has 1 heterocycles. The maximum Gasteiger partial charge on any atom is 0.497 e. The molecule has 1 aliphatic carbocycles. The van der Waals surface area contributed by atoms with Crippen LogP contribution in [0.2, 0.25) is 0 Å². The third-order valence-corrected chi connectivity index (χ3v) is 5.56. The molecule has 2 N–H and O–H groups in total. The van der Waals surface area contributed by atoms with Crippen LogP contribution in [0.15, 0.2) is 11.7 Å². The van der Waals surface area contributed by atoms with Gasteiger partial charge in [0.15, 0.2) is 0 Å². The molecule has 2 aliphatic rings. The van der Waals surface area contributed by atoms with Crippen LogP contribution in [0.4, 0.5) is 0 Å². The molecule has 124 valence electrons. The maximum atomic E-state index is 7.70. The molecule has 0 radical (unpaired) electrons. The summed E-state index contributed by atoms with van der Waals surface area (Å²) < 4.78 is 12.1. The van der Waals surface area contributed by atoms with E-state index < -0.39 is 7.12 Å². The number of nitrogens with one attached hydrogen (secondary N) is 2. The van der Waals surface area contributed by atoms with E-state index in [9.17, 15) is 0 Å². The van der Waals surface area contributed by atoms with E-state index in [1.54, 1.807) is 0 Å². The summed E-state index contributed by atoms with van der Waals surface area (Å²) in [6.07, 6.45) is 9.71. The number of rotatable bonds is 6. The lowest BCUT2D eigenvalue weighted by Gasteiger charge is -2.32. The molecule has 1 saturated carbocycles. The smallest absolute Gasteiger partial charge is 0.399 e. The molecule has 0 aromatic rings. The van der Waals surface area contributed by atoms with Gasteiger partial charge in [0.1, 0.15) is 0 Å². The fourth-order valence-electron chi connectivity index (χ4n) is 3.31. The topological polar surface area (TPSA) is 54.3 Å². The van der Waals surface area contributed by atoms with Crippen LogP contribution in [-0.4, -0.2) is 30.6 Å². The number of hydrogen-bond acceptors (Lipinski definition) is 4. The van der Waals surface area contributed by atoms with E-state index in [-0.39, 0.29) is 11.2 Å². The van der Waals surface area contributed by atoms with E-state index in [4.69, 9.17) is 14.7 Å². The molecule has 2 fully saturated rings. The first-order valence-corrected chi connectivity index (χ1v) is 8.63. The van der Waals surface area contributed by atoms with Gasteiger partial charge < -0.3 is 20.0 Å². The summed E-state index contributed by atoms with van der Waals surface area (Å²) in [4.78, 5) is 0. The van der Waals surface area contributed by atoms with Crippen molar-refractivity contribution in [3.8, 4) is 0 Å². The van der Waals surface area contributed by atoms with Crippen molar-refractivity contribution in [3.63, 3.8) is 0 Å². The van der Waals surface area contributed by atoms with Gasteiger partial charge in [0.25, 0.3) is 0 Å². The highest BCUT2D eigenvalue weighted by Gasteiger charge is 2.52. The molecular formula is C17H31BN2O2. The second-order valence-corrected chi connectivity index (χ2v) is 7.60. The predicted molar refractivity (Wildman–Crippen MR) is 92.1 cm³/mol. The van der Waals surface area contributed by atoms with E-state index in [0.29, 0.717) is 6.04 Å². The highest BCUT2D eigenvalue weighted by molar-refractivity contribution is 6.60. The molecule has 22 heavy (non-hydrogen) atoms. The minimum absolute atomic E-state index is 0.366. The third kappa shape index (κ3) is 3.57. The Hall–Kier alpha value is -0.805. The highest BCUT2D eigenvalue weighted by Crippen LogP contribution is 2.38. The van der Waals surface area contributed by atoms with Gasteiger partial charge in [-0.3, -0.25) is 0 Å². The van der Waals surface area contributed by atoms with E-state index in [0.717, 1.165) is 17.8 Å². The Morgan fingerprint density at radius 1 is 1.23 bits per heavy atom. The zero-order valence-electron chi connectivity index (χ0n) is 14.7. The molecule has 1 unspecified atom stereocenters. The van der Waals surface area contributed by atoms with Crippen LogP contribution in [0.5, 0.6) is 0 Å². The lowest BCUT2D eigenvalue weighted by atomic mass is 9.79. The fraction of sp³-hybridized carbons (Fsp3) is 0.824. The Bertz CT molecular complexity index is 412. The molecule has 2 rings (SSSR count). The zero-order chi connectivity index (χ0) is 16.4. The Kier molecular flexibility index (Phi) is 5.39. The van der Waals surface area contributed by atoms with Crippen molar-refractivity contribution >= 4 is 13.3 Å². The lowest BCUT2D eigenvalue weighted by Crippen LogP contribution is -2.41. The van der Waals surface area contributed by atoms with Gasteiger partial charge in [-0.05, 0) is 59.1 Å². The van der Waals surface area contributed by atoms with Crippen LogP contribution in [0.25, 0.3) is 0 Å². The summed E-state index contributed by atoms with van der Waals surface area (Å²) in [5, 5.41) is 11.2. The molecule has 0 aromatic carbocycles. The number of allylic oxidation sites excluding steroid dienone is 1. The summed E-state index contributed by atoms with van der Waals surface area (Å²) in [6, 6.07) is 0.486. The van der Waals surface area contributed by atoms with Crippen molar-refractivity contribution in [2.24, 2.45) is 5.92 Å². The second-order valence-electron chi connectivity index (χ2n) is 7.60. The minimum atomic E-state index is -0.462. The average molecular weight is 306 g/mol. The summed E-state index contributed by atoms with van der Waals surface area (Å²) in [5.41, 5.74) is 0.0280.